The number of aryl methyl sites for hydroxylation is 2. The van der Waals surface area contributed by atoms with Gasteiger partial charge in [0, 0.05) is 5.56 Å². The normalized spacial score (nSPS) is 17.8. The molecule has 1 aliphatic carbocycles. The van der Waals surface area contributed by atoms with Crippen LogP contribution in [0.1, 0.15) is 48.7 Å². The molecule has 0 aliphatic heterocycles. The number of rotatable bonds is 4. The van der Waals surface area contributed by atoms with Crippen LogP contribution >= 0.6 is 0 Å². The second kappa shape index (κ2) is 4.27. The molecule has 0 radical (unpaired) electrons. The molecule has 0 bridgehead atoms. The van der Waals surface area contributed by atoms with Crippen molar-refractivity contribution in [3.63, 3.8) is 0 Å². The Morgan fingerprint density at radius 3 is 2.80 bits per heavy atom. The lowest BCUT2D eigenvalue weighted by atomic mass is 10.0. The molecule has 1 fully saturated rings. The van der Waals surface area contributed by atoms with Gasteiger partial charge in [0.05, 0.1) is 17.5 Å². The molecule has 15 heavy (non-hydrogen) atoms. The predicted molar refractivity (Wildman–Crippen MR) is 58.4 cm³/mol. The van der Waals surface area contributed by atoms with E-state index in [9.17, 15) is 5.11 Å². The standard InChI is InChI=1S/C12H18N2O/c1-8-7-11(9(2)14-13-8)12(15)6-5-10-3-4-10/h7,10,12,15H,3-6H2,1-2H3. The fourth-order valence-corrected chi connectivity index (χ4v) is 1.86. The maximum Gasteiger partial charge on any atom is 0.0809 e. The molecule has 1 aromatic rings. The summed E-state index contributed by atoms with van der Waals surface area (Å²) in [7, 11) is 0. The molecule has 0 saturated heterocycles. The van der Waals surface area contributed by atoms with Crippen LogP contribution in [0, 0.1) is 19.8 Å². The van der Waals surface area contributed by atoms with Crippen LogP contribution in [-0.4, -0.2) is 15.3 Å². The summed E-state index contributed by atoms with van der Waals surface area (Å²) in [5.74, 6) is 0.871. The molecular weight excluding hydrogens is 188 g/mol. The Hall–Kier alpha value is -0.960. The minimum Gasteiger partial charge on any atom is -0.388 e. The molecular formula is C12H18N2O. The van der Waals surface area contributed by atoms with E-state index in [0.29, 0.717) is 0 Å². The Bertz CT molecular complexity index is 347. The summed E-state index contributed by atoms with van der Waals surface area (Å²) in [6, 6.07) is 1.94. The van der Waals surface area contributed by atoms with Crippen molar-refractivity contribution in [2.75, 3.05) is 0 Å². The SMILES string of the molecule is Cc1cc(C(O)CCC2CC2)c(C)nn1. The number of nitrogens with zero attached hydrogens (tertiary/aromatic N) is 2. The van der Waals surface area contributed by atoms with E-state index in [2.05, 4.69) is 10.2 Å². The molecule has 1 saturated carbocycles. The summed E-state index contributed by atoms with van der Waals surface area (Å²) in [6.45, 7) is 3.81. The molecule has 1 unspecified atom stereocenters. The van der Waals surface area contributed by atoms with Crippen LogP contribution in [0.5, 0.6) is 0 Å². The van der Waals surface area contributed by atoms with Crippen LogP contribution in [0.25, 0.3) is 0 Å². The van der Waals surface area contributed by atoms with Crippen molar-refractivity contribution in [1.29, 1.82) is 0 Å². The lowest BCUT2D eigenvalue weighted by Crippen LogP contribution is -2.04. The minimum atomic E-state index is -0.361. The highest BCUT2D eigenvalue weighted by atomic mass is 16.3. The Morgan fingerprint density at radius 1 is 1.40 bits per heavy atom. The molecule has 1 atom stereocenters. The zero-order valence-electron chi connectivity index (χ0n) is 9.40. The third-order valence-corrected chi connectivity index (χ3v) is 3.04. The average Bonchev–Trinajstić information content (AvgIpc) is 3.02. The second-order valence-corrected chi connectivity index (χ2v) is 4.56. The van der Waals surface area contributed by atoms with Crippen molar-refractivity contribution in [3.8, 4) is 0 Å². The van der Waals surface area contributed by atoms with Crippen molar-refractivity contribution < 1.29 is 5.11 Å². The quantitative estimate of drug-likeness (QED) is 0.822. The van der Waals surface area contributed by atoms with Gasteiger partial charge in [-0.3, -0.25) is 0 Å². The number of aromatic nitrogens is 2. The summed E-state index contributed by atoms with van der Waals surface area (Å²) in [4.78, 5) is 0. The maximum absolute atomic E-state index is 10.0. The molecule has 3 heteroatoms. The van der Waals surface area contributed by atoms with E-state index in [4.69, 9.17) is 0 Å². The molecule has 1 heterocycles. The summed E-state index contributed by atoms with van der Waals surface area (Å²) in [5.41, 5.74) is 2.67. The first kappa shape index (κ1) is 10.6. The topological polar surface area (TPSA) is 46.0 Å². The van der Waals surface area contributed by atoms with E-state index in [1.165, 1.54) is 12.8 Å². The Labute approximate surface area is 90.5 Å². The van der Waals surface area contributed by atoms with Gasteiger partial charge in [-0.15, -0.1) is 0 Å². The van der Waals surface area contributed by atoms with E-state index in [0.717, 1.165) is 35.7 Å². The van der Waals surface area contributed by atoms with E-state index < -0.39 is 0 Å². The third kappa shape index (κ3) is 2.75. The van der Waals surface area contributed by atoms with E-state index >= 15 is 0 Å². The molecule has 82 valence electrons. The Balaban J connectivity index is 2.02. The lowest BCUT2D eigenvalue weighted by molar-refractivity contribution is 0.161. The monoisotopic (exact) mass is 206 g/mol. The highest BCUT2D eigenvalue weighted by Crippen LogP contribution is 2.36. The van der Waals surface area contributed by atoms with Gasteiger partial charge in [0.25, 0.3) is 0 Å². The van der Waals surface area contributed by atoms with Gasteiger partial charge < -0.3 is 5.11 Å². The highest BCUT2D eigenvalue weighted by molar-refractivity contribution is 5.22. The first-order chi connectivity index (χ1) is 7.16. The zero-order valence-corrected chi connectivity index (χ0v) is 9.40. The molecule has 0 amide bonds. The van der Waals surface area contributed by atoms with Crippen LogP contribution in [0.2, 0.25) is 0 Å². The summed E-state index contributed by atoms with van der Waals surface area (Å²) in [5, 5.41) is 18.0. The van der Waals surface area contributed by atoms with Crippen LogP contribution in [0.4, 0.5) is 0 Å². The van der Waals surface area contributed by atoms with Gasteiger partial charge in [-0.05, 0) is 38.7 Å². The highest BCUT2D eigenvalue weighted by Gasteiger charge is 2.23. The summed E-state index contributed by atoms with van der Waals surface area (Å²) in [6.07, 6.45) is 4.33. The van der Waals surface area contributed by atoms with Crippen molar-refractivity contribution in [2.24, 2.45) is 5.92 Å². The zero-order chi connectivity index (χ0) is 10.8. The van der Waals surface area contributed by atoms with Crippen LogP contribution in [0.3, 0.4) is 0 Å². The van der Waals surface area contributed by atoms with Gasteiger partial charge in [-0.1, -0.05) is 12.8 Å². The minimum absolute atomic E-state index is 0.361. The van der Waals surface area contributed by atoms with Crippen molar-refractivity contribution in [2.45, 2.75) is 45.6 Å². The third-order valence-electron chi connectivity index (χ3n) is 3.04. The first-order valence-electron chi connectivity index (χ1n) is 5.65. The average molecular weight is 206 g/mol. The van der Waals surface area contributed by atoms with Crippen LogP contribution in [0.15, 0.2) is 6.07 Å². The predicted octanol–water partition coefficient (Wildman–Crippen LogP) is 2.32. The van der Waals surface area contributed by atoms with Crippen molar-refractivity contribution >= 4 is 0 Å². The van der Waals surface area contributed by atoms with Gasteiger partial charge in [0.2, 0.25) is 0 Å². The fraction of sp³-hybridized carbons (Fsp3) is 0.667. The number of aliphatic hydroxyl groups is 1. The fourth-order valence-electron chi connectivity index (χ4n) is 1.86. The molecule has 2 rings (SSSR count). The van der Waals surface area contributed by atoms with E-state index in [1.54, 1.807) is 0 Å². The first-order valence-corrected chi connectivity index (χ1v) is 5.65. The Morgan fingerprint density at radius 2 is 2.13 bits per heavy atom. The molecule has 0 spiro atoms. The molecule has 0 aromatic carbocycles. The molecule has 1 N–H and O–H groups in total. The van der Waals surface area contributed by atoms with Crippen LogP contribution in [-0.2, 0) is 0 Å². The van der Waals surface area contributed by atoms with E-state index in [-0.39, 0.29) is 6.10 Å². The number of hydrogen-bond acceptors (Lipinski definition) is 3. The van der Waals surface area contributed by atoms with Crippen LogP contribution < -0.4 is 0 Å². The summed E-state index contributed by atoms with van der Waals surface area (Å²) < 4.78 is 0. The number of hydrogen-bond donors (Lipinski definition) is 1. The Kier molecular flexibility index (Phi) is 3.00. The molecule has 1 aromatic heterocycles. The smallest absolute Gasteiger partial charge is 0.0809 e. The largest absolute Gasteiger partial charge is 0.388 e. The molecule has 3 nitrogen and oxygen atoms in total. The maximum atomic E-state index is 10.0. The van der Waals surface area contributed by atoms with Gasteiger partial charge in [-0.25, -0.2) is 0 Å². The van der Waals surface area contributed by atoms with Gasteiger partial charge in [-0.2, -0.15) is 10.2 Å². The van der Waals surface area contributed by atoms with E-state index in [1.807, 2.05) is 19.9 Å². The second-order valence-electron chi connectivity index (χ2n) is 4.56. The summed E-state index contributed by atoms with van der Waals surface area (Å²) >= 11 is 0. The van der Waals surface area contributed by atoms with Gasteiger partial charge >= 0.3 is 0 Å². The van der Waals surface area contributed by atoms with Crippen molar-refractivity contribution in [1.82, 2.24) is 10.2 Å². The molecule has 1 aliphatic rings. The van der Waals surface area contributed by atoms with Crippen molar-refractivity contribution in [3.05, 3.63) is 23.0 Å². The lowest BCUT2D eigenvalue weighted by Gasteiger charge is -2.12. The van der Waals surface area contributed by atoms with Gasteiger partial charge in [0.1, 0.15) is 0 Å². The number of aliphatic hydroxyl groups excluding tert-OH is 1. The van der Waals surface area contributed by atoms with Gasteiger partial charge in [0.15, 0.2) is 0 Å².